The molecular formula is C42H29N5. The molecule has 2 atom stereocenters. The fourth-order valence-corrected chi connectivity index (χ4v) is 7.55. The number of nitriles is 1. The third-order valence-electron chi connectivity index (χ3n) is 9.71. The van der Waals surface area contributed by atoms with Crippen LogP contribution >= 0.6 is 0 Å². The molecule has 0 spiro atoms. The lowest BCUT2D eigenvalue weighted by Gasteiger charge is -2.33. The summed E-state index contributed by atoms with van der Waals surface area (Å²) in [6, 6.07) is 48.5. The van der Waals surface area contributed by atoms with E-state index in [1.807, 2.05) is 42.6 Å². The number of hydrogen-bond donors (Lipinski definition) is 0. The van der Waals surface area contributed by atoms with Gasteiger partial charge in [-0.25, -0.2) is 4.98 Å². The maximum atomic E-state index is 10.0. The molecule has 0 N–H and O–H groups in total. The lowest BCUT2D eigenvalue weighted by atomic mass is 9.81. The van der Waals surface area contributed by atoms with Crippen LogP contribution < -0.4 is 4.90 Å². The first-order valence-electron chi connectivity index (χ1n) is 15.8. The van der Waals surface area contributed by atoms with E-state index in [0.717, 1.165) is 50.6 Å². The number of aliphatic imine (C=N–C) groups is 1. The first-order chi connectivity index (χ1) is 23.2. The molecule has 5 nitrogen and oxygen atoms in total. The van der Waals surface area contributed by atoms with E-state index in [-0.39, 0.29) is 11.6 Å². The zero-order valence-corrected chi connectivity index (χ0v) is 25.7. The van der Waals surface area contributed by atoms with E-state index in [1.54, 1.807) is 0 Å². The van der Waals surface area contributed by atoms with Crippen molar-refractivity contribution in [2.45, 2.75) is 18.5 Å². The van der Waals surface area contributed by atoms with E-state index in [4.69, 9.17) is 9.98 Å². The summed E-state index contributed by atoms with van der Waals surface area (Å²) in [6.07, 6.45) is 6.02. The molecule has 5 heteroatoms. The van der Waals surface area contributed by atoms with Crippen LogP contribution in [0.1, 0.15) is 18.1 Å². The smallest absolute Gasteiger partial charge is 0.140 e. The minimum absolute atomic E-state index is 0.187. The van der Waals surface area contributed by atoms with Crippen molar-refractivity contribution in [1.29, 1.82) is 5.26 Å². The van der Waals surface area contributed by atoms with E-state index in [0.29, 0.717) is 5.56 Å². The van der Waals surface area contributed by atoms with Crippen LogP contribution in [0.4, 0.5) is 11.5 Å². The molecule has 0 saturated carbocycles. The van der Waals surface area contributed by atoms with Crippen LogP contribution in [0.2, 0.25) is 0 Å². The monoisotopic (exact) mass is 603 g/mol. The molecule has 222 valence electrons. The second-order valence-corrected chi connectivity index (χ2v) is 12.3. The average Bonchev–Trinajstić information content (AvgIpc) is 3.61. The molecule has 0 amide bonds. The highest BCUT2D eigenvalue weighted by Gasteiger charge is 2.48. The van der Waals surface area contributed by atoms with Gasteiger partial charge in [0.25, 0.3) is 0 Å². The molecule has 2 aliphatic rings. The van der Waals surface area contributed by atoms with Crippen LogP contribution in [0.3, 0.4) is 0 Å². The normalized spacial score (nSPS) is 18.0. The highest BCUT2D eigenvalue weighted by Crippen LogP contribution is 2.51. The lowest BCUT2D eigenvalue weighted by Crippen LogP contribution is -2.40. The number of hydrogen-bond acceptors (Lipinski definition) is 4. The van der Waals surface area contributed by atoms with Crippen LogP contribution in [-0.4, -0.2) is 21.9 Å². The summed E-state index contributed by atoms with van der Waals surface area (Å²) in [5, 5.41) is 12.4. The Kier molecular flexibility index (Phi) is 6.00. The van der Waals surface area contributed by atoms with Crippen molar-refractivity contribution < 1.29 is 0 Å². The van der Waals surface area contributed by atoms with Crippen LogP contribution in [-0.2, 0) is 5.41 Å². The number of anilines is 2. The molecule has 2 aromatic heterocycles. The van der Waals surface area contributed by atoms with Gasteiger partial charge in [-0.3, -0.25) is 9.56 Å². The molecule has 7 aromatic rings. The Labute approximate surface area is 273 Å². The van der Waals surface area contributed by atoms with E-state index in [2.05, 4.69) is 132 Å². The second kappa shape index (κ2) is 10.4. The summed E-state index contributed by atoms with van der Waals surface area (Å²) in [6.45, 7) is 2.26. The highest BCUT2D eigenvalue weighted by molar-refractivity contribution is 6.09. The van der Waals surface area contributed by atoms with Gasteiger partial charge in [-0.05, 0) is 71.7 Å². The quantitative estimate of drug-likeness (QED) is 0.201. The van der Waals surface area contributed by atoms with Gasteiger partial charge in [0, 0.05) is 28.2 Å². The lowest BCUT2D eigenvalue weighted by molar-refractivity contribution is 0.495. The van der Waals surface area contributed by atoms with Crippen LogP contribution in [0.15, 0.2) is 151 Å². The van der Waals surface area contributed by atoms with Crippen molar-refractivity contribution in [3.05, 3.63) is 157 Å². The van der Waals surface area contributed by atoms with Gasteiger partial charge in [0.05, 0.1) is 28.1 Å². The standard InChI is InChI=1S/C42H29N5/c1-42-23-12-24-44-41(42)47(38-22-11-8-19-35(38)42)40-26-29(31-15-4-5-16-32(31)30-14-3-2-13-28(30)27-43)25-39(45-40)46-36-20-9-6-17-33(36)34-18-7-10-21-37(34)46/h2-26,41H,1H3. The third kappa shape index (κ3) is 4.02. The minimum atomic E-state index is -0.306. The van der Waals surface area contributed by atoms with Gasteiger partial charge < -0.3 is 4.90 Å². The fourth-order valence-electron chi connectivity index (χ4n) is 7.55. The Morgan fingerprint density at radius 2 is 1.30 bits per heavy atom. The van der Waals surface area contributed by atoms with E-state index < -0.39 is 0 Å². The van der Waals surface area contributed by atoms with Crippen LogP contribution in [0.5, 0.6) is 0 Å². The number of fused-ring (bicyclic) bond motifs is 6. The summed E-state index contributed by atoms with van der Waals surface area (Å²) < 4.78 is 2.27. The zero-order valence-electron chi connectivity index (χ0n) is 25.7. The van der Waals surface area contributed by atoms with Crippen molar-refractivity contribution in [3.63, 3.8) is 0 Å². The topological polar surface area (TPSA) is 57.2 Å². The van der Waals surface area contributed by atoms with Gasteiger partial charge in [0.2, 0.25) is 0 Å². The predicted molar refractivity (Wildman–Crippen MR) is 192 cm³/mol. The van der Waals surface area contributed by atoms with Gasteiger partial charge in [0.1, 0.15) is 17.8 Å². The molecule has 0 radical (unpaired) electrons. The SMILES string of the molecule is CC12C=CC=NC1N(c1cc(-c3ccccc3-c3ccccc3C#N)cc(-n3c4ccccc4c4ccccc43)n1)c1ccccc12. The Hall–Kier alpha value is -6.25. The summed E-state index contributed by atoms with van der Waals surface area (Å²) >= 11 is 0. The van der Waals surface area contributed by atoms with E-state index in [1.165, 1.54) is 16.3 Å². The number of dihydropyridines is 1. The fraction of sp³-hybridized carbons (Fsp3) is 0.0714. The van der Waals surface area contributed by atoms with E-state index in [9.17, 15) is 5.26 Å². The number of allylic oxidation sites excluding steroid dienone is 1. The number of nitrogens with zero attached hydrogens (tertiary/aromatic N) is 5. The summed E-state index contributed by atoms with van der Waals surface area (Å²) in [7, 11) is 0. The van der Waals surface area contributed by atoms with Crippen molar-refractivity contribution in [2.24, 2.45) is 4.99 Å². The van der Waals surface area contributed by atoms with Crippen molar-refractivity contribution in [2.75, 3.05) is 4.90 Å². The van der Waals surface area contributed by atoms with Gasteiger partial charge in [-0.15, -0.1) is 0 Å². The Balaban J connectivity index is 1.36. The van der Waals surface area contributed by atoms with Gasteiger partial charge in [-0.2, -0.15) is 5.26 Å². The number of para-hydroxylation sites is 3. The minimum Gasteiger partial charge on any atom is -0.302 e. The largest absolute Gasteiger partial charge is 0.302 e. The summed E-state index contributed by atoms with van der Waals surface area (Å²) in [5.74, 6) is 1.64. The van der Waals surface area contributed by atoms with Gasteiger partial charge in [-0.1, -0.05) is 103 Å². The molecule has 2 aliphatic heterocycles. The average molecular weight is 604 g/mol. The molecule has 2 unspecified atom stereocenters. The first kappa shape index (κ1) is 27.1. The number of aromatic nitrogens is 2. The Morgan fingerprint density at radius 1 is 0.681 bits per heavy atom. The molecule has 5 aromatic carbocycles. The van der Waals surface area contributed by atoms with Crippen LogP contribution in [0.25, 0.3) is 49.9 Å². The molecule has 0 saturated heterocycles. The zero-order chi connectivity index (χ0) is 31.5. The molecule has 47 heavy (non-hydrogen) atoms. The summed E-state index contributed by atoms with van der Waals surface area (Å²) in [5.41, 5.74) is 8.81. The summed E-state index contributed by atoms with van der Waals surface area (Å²) in [4.78, 5) is 12.8. The van der Waals surface area contributed by atoms with Crippen LogP contribution in [0, 0.1) is 11.3 Å². The first-order valence-corrected chi connectivity index (χ1v) is 15.8. The maximum absolute atomic E-state index is 10.0. The molecule has 0 aliphatic carbocycles. The second-order valence-electron chi connectivity index (χ2n) is 12.3. The molecule has 0 bridgehead atoms. The molecule has 9 rings (SSSR count). The van der Waals surface area contributed by atoms with Gasteiger partial charge in [0.15, 0.2) is 0 Å². The van der Waals surface area contributed by atoms with Crippen molar-refractivity contribution >= 4 is 39.5 Å². The molecular weight excluding hydrogens is 574 g/mol. The molecule has 4 heterocycles. The molecule has 0 fully saturated rings. The number of rotatable bonds is 4. The number of pyridine rings is 1. The Morgan fingerprint density at radius 3 is 2.06 bits per heavy atom. The van der Waals surface area contributed by atoms with Crippen molar-refractivity contribution in [1.82, 2.24) is 9.55 Å². The number of benzene rings is 5. The highest BCUT2D eigenvalue weighted by atomic mass is 15.3. The third-order valence-corrected chi connectivity index (χ3v) is 9.71. The maximum Gasteiger partial charge on any atom is 0.140 e. The Bertz CT molecular complexity index is 2420. The van der Waals surface area contributed by atoms with Gasteiger partial charge >= 0.3 is 0 Å². The van der Waals surface area contributed by atoms with E-state index >= 15 is 0 Å². The predicted octanol–water partition coefficient (Wildman–Crippen LogP) is 9.76. The van der Waals surface area contributed by atoms with Crippen molar-refractivity contribution in [3.8, 4) is 34.1 Å².